The Morgan fingerprint density at radius 3 is 0.819 bits per heavy atom. The molecule has 0 amide bonds. The molecule has 4 aromatic heterocycles. The van der Waals surface area contributed by atoms with Crippen LogP contribution in [0.25, 0.3) is 44.1 Å². The Bertz CT molecular complexity index is 4220. The summed E-state index contributed by atoms with van der Waals surface area (Å²) in [5, 5.41) is 2.63. The molecule has 5 heterocycles. The second kappa shape index (κ2) is 45.0. The Kier molecular flexibility index (Phi) is 38.8. The predicted octanol–water partition coefficient (Wildman–Crippen LogP) is 29.5. The van der Waals surface area contributed by atoms with Gasteiger partial charge in [-0.25, -0.2) is 0 Å². The summed E-state index contributed by atoms with van der Waals surface area (Å²) in [6, 6.07) is 83.4. The minimum absolute atomic E-state index is 0.0598. The zero-order chi connectivity index (χ0) is 87.6. The quantitative estimate of drug-likeness (QED) is 0.122. The van der Waals surface area contributed by atoms with Crippen LogP contribution in [0.4, 0.5) is 17.1 Å². The first kappa shape index (κ1) is 100. The standard InChI is InChI=1S/C28H25N.C15H17N.C12H25N.2C10H17N.C10H15N.C9H21N.C8H13N.C5H13N/c1-28(2,3)29-26-22(20-12-6-4-7-13-20)16-10-18-24(26)25-19-11-17-23(27(25)29)21-14-8-5-9-15-21;1-13(2)16(14-9-5-3-6-10-14)15-11-7-4-8-12-15;1-10(2)13-11(3,4)8-7-9-12(13,5)6;2*1-8-6-7-9(2)11(8)10(3,4)5;1-9(2)11(3)10-7-5-4-6-8-10;1-7(2)10(8(3)4)9(5)6;1-8(2,3)9-6-4-5-7-9;1-5(2)6(3)4/h4-19H,1-3H3;3-13H,1-2H3;10H,7-9H2,1-6H3;2*6-7H,1-5H3;4-9H,1-3H3;7-9H,1-6H3;4-7H,1-3H3;5H,1-4H3. The molecule has 0 radical (unpaired) electrons. The van der Waals surface area contributed by atoms with Crippen LogP contribution in [0, 0.1) is 27.7 Å². The van der Waals surface area contributed by atoms with Crippen molar-refractivity contribution in [1.82, 2.24) is 33.0 Å². The average Bonchev–Trinajstić information content (AvgIpc) is 1.56. The summed E-state index contributed by atoms with van der Waals surface area (Å²) < 4.78 is 9.44. The van der Waals surface area contributed by atoms with Crippen molar-refractivity contribution in [2.24, 2.45) is 0 Å². The predicted molar refractivity (Wildman–Crippen MR) is 518 cm³/mol. The van der Waals surface area contributed by atoms with Gasteiger partial charge in [0.2, 0.25) is 0 Å². The molecule has 0 unspecified atom stereocenters. The van der Waals surface area contributed by atoms with Crippen LogP contribution in [0.2, 0.25) is 0 Å². The third kappa shape index (κ3) is 29.9. The smallest absolute Gasteiger partial charge is 0.0576 e. The topological polar surface area (TPSA) is 35.9 Å². The van der Waals surface area contributed by atoms with Crippen molar-refractivity contribution in [3.05, 3.63) is 260 Å². The van der Waals surface area contributed by atoms with Gasteiger partial charge in [0.25, 0.3) is 0 Å². The third-order valence-electron chi connectivity index (χ3n) is 21.7. The number of aromatic nitrogens is 4. The molecule has 0 spiro atoms. The number of nitrogens with zero attached hydrogens (tertiary/aromatic N) is 9. The normalized spacial score (nSPS) is 13.4. The molecule has 0 atom stereocenters. The molecule has 0 aliphatic carbocycles. The lowest BCUT2D eigenvalue weighted by Crippen LogP contribution is -2.61. The average molecular weight is 1580 g/mol. The van der Waals surface area contributed by atoms with Crippen molar-refractivity contribution in [3.63, 3.8) is 0 Å². The van der Waals surface area contributed by atoms with Gasteiger partial charge in [0.1, 0.15) is 0 Å². The Morgan fingerprint density at radius 2 is 0.603 bits per heavy atom. The zero-order valence-corrected chi connectivity index (χ0v) is 80.2. The molecule has 1 aliphatic rings. The summed E-state index contributed by atoms with van der Waals surface area (Å²) >= 11 is 0. The van der Waals surface area contributed by atoms with Crippen LogP contribution >= 0.6 is 0 Å². The highest BCUT2D eigenvalue weighted by atomic mass is 15.3. The molecule has 11 aromatic rings. The number of hydrogen-bond acceptors (Lipinski definition) is 5. The Labute approximate surface area is 710 Å². The van der Waals surface area contributed by atoms with Crippen LogP contribution in [0.5, 0.6) is 0 Å². The van der Waals surface area contributed by atoms with Gasteiger partial charge in [0.15, 0.2) is 0 Å². The number of likely N-dealkylation sites (tertiary alicyclic amines) is 1. The van der Waals surface area contributed by atoms with Gasteiger partial charge >= 0.3 is 0 Å². The molecular weight excluding hydrogens is 1410 g/mol. The van der Waals surface area contributed by atoms with E-state index in [1.54, 1.807) is 0 Å². The molecule has 1 saturated heterocycles. The van der Waals surface area contributed by atoms with E-state index in [0.717, 1.165) is 0 Å². The van der Waals surface area contributed by atoms with Crippen molar-refractivity contribution in [3.8, 4) is 22.3 Å². The van der Waals surface area contributed by atoms with E-state index in [9.17, 15) is 0 Å². The van der Waals surface area contributed by atoms with Crippen molar-refractivity contribution < 1.29 is 0 Å². The molecule has 0 saturated carbocycles. The monoisotopic (exact) mass is 1570 g/mol. The van der Waals surface area contributed by atoms with Crippen LogP contribution < -0.4 is 9.80 Å². The van der Waals surface area contributed by atoms with Crippen molar-refractivity contribution in [2.45, 2.75) is 330 Å². The number of hydrogen-bond donors (Lipinski definition) is 0. The molecule has 12 rings (SSSR count). The van der Waals surface area contributed by atoms with Gasteiger partial charge in [-0.05, 0) is 353 Å². The van der Waals surface area contributed by atoms with Gasteiger partial charge in [-0.1, -0.05) is 152 Å². The van der Waals surface area contributed by atoms with Gasteiger partial charge in [-0.15, -0.1) is 0 Å². The number of piperidine rings is 1. The Balaban J connectivity index is 0.000000287. The lowest BCUT2D eigenvalue weighted by molar-refractivity contribution is -0.0508. The summed E-state index contributed by atoms with van der Waals surface area (Å²) in [5.41, 5.74) is 18.2. The summed E-state index contributed by atoms with van der Waals surface area (Å²) in [4.78, 5) is 11.9. The zero-order valence-electron chi connectivity index (χ0n) is 80.2. The molecule has 0 bridgehead atoms. The van der Waals surface area contributed by atoms with E-state index in [1.807, 2.05) is 30.3 Å². The SMILES string of the molecule is CC(C)(C)n1c2c(-c3ccccc3)cccc2c2cccc(-c3ccccc3)c21.CC(C)(C)n1cccc1.CC(C)N(C(C)C)C(C)C.CC(C)N(C)C.CC(C)N(C)c1ccccc1.CC(C)N(c1ccccc1)c1ccccc1.CC(C)N1C(C)(C)CCCC1(C)C.Cc1ccc(C)n1C(C)(C)C.Cc1ccc(C)n1C(C)(C)C. The summed E-state index contributed by atoms with van der Waals surface area (Å²) in [5.74, 6) is 0. The molecule has 116 heavy (non-hydrogen) atoms. The molecule has 636 valence electrons. The Morgan fingerprint density at radius 1 is 0.310 bits per heavy atom. The van der Waals surface area contributed by atoms with Gasteiger partial charge in [-0.2, -0.15) is 0 Å². The van der Waals surface area contributed by atoms with Gasteiger partial charge in [0.05, 0.1) is 11.0 Å². The maximum Gasteiger partial charge on any atom is 0.0576 e. The van der Waals surface area contributed by atoms with E-state index >= 15 is 0 Å². The second-order valence-corrected chi connectivity index (χ2v) is 39.1. The lowest BCUT2D eigenvalue weighted by atomic mass is 9.79. The van der Waals surface area contributed by atoms with Crippen LogP contribution in [-0.4, -0.2) is 107 Å². The van der Waals surface area contributed by atoms with E-state index in [4.69, 9.17) is 0 Å². The van der Waals surface area contributed by atoms with Gasteiger partial charge in [-0.3, -0.25) is 9.80 Å². The van der Waals surface area contributed by atoms with Crippen LogP contribution in [-0.2, 0) is 22.2 Å². The summed E-state index contributed by atoms with van der Waals surface area (Å²) in [6.45, 7) is 76.2. The van der Waals surface area contributed by atoms with Crippen LogP contribution in [0.15, 0.2) is 237 Å². The van der Waals surface area contributed by atoms with E-state index in [-0.39, 0.29) is 22.2 Å². The number of para-hydroxylation sites is 5. The van der Waals surface area contributed by atoms with Crippen molar-refractivity contribution in [1.29, 1.82) is 0 Å². The summed E-state index contributed by atoms with van der Waals surface area (Å²) in [7, 11) is 6.26. The first-order valence-electron chi connectivity index (χ1n) is 43.4. The number of rotatable bonds is 12. The molecule has 9 heteroatoms. The van der Waals surface area contributed by atoms with Crippen molar-refractivity contribution >= 4 is 38.9 Å². The first-order chi connectivity index (χ1) is 53.9. The highest BCUT2D eigenvalue weighted by molar-refractivity contribution is 6.16. The summed E-state index contributed by atoms with van der Waals surface area (Å²) in [6.07, 6.45) is 8.23. The largest absolute Gasteiger partial charge is 0.372 e. The highest BCUT2D eigenvalue weighted by Gasteiger charge is 2.42. The molecule has 7 aromatic carbocycles. The van der Waals surface area contributed by atoms with Crippen LogP contribution in [0.3, 0.4) is 0 Å². The minimum Gasteiger partial charge on any atom is -0.372 e. The molecule has 1 fully saturated rings. The molecule has 0 N–H and O–H groups in total. The van der Waals surface area contributed by atoms with Crippen LogP contribution in [0.1, 0.15) is 250 Å². The molecule has 9 nitrogen and oxygen atoms in total. The number of aryl methyl sites for hydroxylation is 4. The maximum atomic E-state index is 2.68. The fourth-order valence-corrected chi connectivity index (χ4v) is 16.8. The number of fused-ring (bicyclic) bond motifs is 3. The third-order valence-corrected chi connectivity index (χ3v) is 21.7. The van der Waals surface area contributed by atoms with E-state index < -0.39 is 0 Å². The molecular formula is C107H163N9. The fraction of sp³-hybridized carbons (Fsp3) is 0.495. The fourth-order valence-electron chi connectivity index (χ4n) is 16.8. The van der Waals surface area contributed by atoms with E-state index in [0.29, 0.717) is 53.4 Å². The highest BCUT2D eigenvalue weighted by Crippen LogP contribution is 2.44. The van der Waals surface area contributed by atoms with Crippen molar-refractivity contribution in [2.75, 3.05) is 30.9 Å². The number of anilines is 3. The maximum absolute atomic E-state index is 2.68. The minimum atomic E-state index is -0.0598. The van der Waals surface area contributed by atoms with E-state index in [1.165, 1.54) is 103 Å². The molecule has 1 aliphatic heterocycles. The van der Waals surface area contributed by atoms with Gasteiger partial charge in [0, 0.05) is 157 Å². The second-order valence-electron chi connectivity index (χ2n) is 39.1. The lowest BCUT2D eigenvalue weighted by Gasteiger charge is -2.55. The Hall–Kier alpha value is -8.34. The number of benzene rings is 7. The van der Waals surface area contributed by atoms with E-state index in [2.05, 4.69) is 506 Å². The first-order valence-corrected chi connectivity index (χ1v) is 43.4. The van der Waals surface area contributed by atoms with Gasteiger partial charge < -0.3 is 33.0 Å².